The van der Waals surface area contributed by atoms with Gasteiger partial charge in [-0.15, -0.1) is 0 Å². The molecule has 116 valence electrons. The Balaban J connectivity index is 1.90. The van der Waals surface area contributed by atoms with Crippen molar-refractivity contribution in [2.24, 2.45) is 5.92 Å². The molecule has 1 saturated heterocycles. The van der Waals surface area contributed by atoms with Crippen LogP contribution in [-0.4, -0.2) is 23.8 Å². The summed E-state index contributed by atoms with van der Waals surface area (Å²) in [5, 5.41) is 5.50. The number of amides is 2. The Kier molecular flexibility index (Phi) is 3.60. The van der Waals surface area contributed by atoms with E-state index in [1.165, 1.54) is 0 Å². The minimum absolute atomic E-state index is 0.171. The number of hydrogen-bond acceptors (Lipinski definition) is 4. The number of nitrogens with one attached hydrogen (secondary N) is 2. The lowest BCUT2D eigenvalue weighted by Gasteiger charge is -2.39. The van der Waals surface area contributed by atoms with Gasteiger partial charge in [0.25, 0.3) is 0 Å². The topological polar surface area (TPSA) is 84.5 Å². The molecule has 3 rings (SSSR count). The van der Waals surface area contributed by atoms with Crippen LogP contribution in [0.25, 0.3) is 0 Å². The fraction of sp³-hybridized carbons (Fsp3) is 0.438. The summed E-state index contributed by atoms with van der Waals surface area (Å²) in [5.74, 6) is -1.36. The highest BCUT2D eigenvalue weighted by molar-refractivity contribution is 5.99. The SMILES string of the molecule is CCC(=O)N[C@@H]1C[C@@H]2C(=O)Nc3c(C)cccc3[C@H]2OC1=O. The molecule has 22 heavy (non-hydrogen) atoms. The van der Waals surface area contributed by atoms with Crippen LogP contribution in [0.5, 0.6) is 0 Å². The number of esters is 1. The second-order valence-corrected chi connectivity index (χ2v) is 5.70. The second-order valence-electron chi connectivity index (χ2n) is 5.70. The average molecular weight is 302 g/mol. The van der Waals surface area contributed by atoms with Crippen LogP contribution in [-0.2, 0) is 19.1 Å². The molecular formula is C16H18N2O4. The van der Waals surface area contributed by atoms with Crippen molar-refractivity contribution >= 4 is 23.5 Å². The summed E-state index contributed by atoms with van der Waals surface area (Å²) in [5.41, 5.74) is 2.47. The van der Waals surface area contributed by atoms with Crippen LogP contribution in [0.4, 0.5) is 5.69 Å². The number of para-hydroxylation sites is 1. The molecule has 0 bridgehead atoms. The van der Waals surface area contributed by atoms with Gasteiger partial charge in [0.15, 0.2) is 0 Å². The molecule has 2 aliphatic heterocycles. The van der Waals surface area contributed by atoms with Gasteiger partial charge in [-0.25, -0.2) is 4.79 Å². The van der Waals surface area contributed by atoms with E-state index in [4.69, 9.17) is 4.74 Å². The van der Waals surface area contributed by atoms with E-state index < -0.39 is 24.0 Å². The Labute approximate surface area is 128 Å². The van der Waals surface area contributed by atoms with Crippen molar-refractivity contribution in [2.75, 3.05) is 5.32 Å². The number of aryl methyl sites for hydroxylation is 1. The van der Waals surface area contributed by atoms with Crippen LogP contribution < -0.4 is 10.6 Å². The molecule has 1 aromatic rings. The molecule has 2 amide bonds. The third-order valence-corrected chi connectivity index (χ3v) is 4.24. The first-order valence-electron chi connectivity index (χ1n) is 7.41. The van der Waals surface area contributed by atoms with E-state index in [1.807, 2.05) is 25.1 Å². The number of carbonyl (C=O) groups excluding carboxylic acids is 3. The van der Waals surface area contributed by atoms with Gasteiger partial charge in [0.05, 0.1) is 11.6 Å². The predicted octanol–water partition coefficient (Wildman–Crippen LogP) is 1.45. The molecule has 0 radical (unpaired) electrons. The number of rotatable bonds is 2. The molecule has 1 fully saturated rings. The van der Waals surface area contributed by atoms with Gasteiger partial charge in [-0.05, 0) is 18.9 Å². The number of hydrogen-bond donors (Lipinski definition) is 2. The molecular weight excluding hydrogens is 284 g/mol. The summed E-state index contributed by atoms with van der Waals surface area (Å²) < 4.78 is 5.49. The Hall–Kier alpha value is -2.37. The van der Waals surface area contributed by atoms with Crippen LogP contribution in [0.15, 0.2) is 18.2 Å². The van der Waals surface area contributed by atoms with Crippen molar-refractivity contribution < 1.29 is 19.1 Å². The van der Waals surface area contributed by atoms with E-state index in [-0.39, 0.29) is 24.7 Å². The molecule has 0 aliphatic carbocycles. The van der Waals surface area contributed by atoms with Gasteiger partial charge in [0.1, 0.15) is 12.1 Å². The molecule has 3 atom stereocenters. The molecule has 0 spiro atoms. The molecule has 6 nitrogen and oxygen atoms in total. The minimum Gasteiger partial charge on any atom is -0.455 e. The van der Waals surface area contributed by atoms with Crippen LogP contribution in [0, 0.1) is 12.8 Å². The molecule has 6 heteroatoms. The highest BCUT2D eigenvalue weighted by Crippen LogP contribution is 2.42. The monoisotopic (exact) mass is 302 g/mol. The van der Waals surface area contributed by atoms with Crippen molar-refractivity contribution in [2.45, 2.75) is 38.8 Å². The molecule has 2 N–H and O–H groups in total. The largest absolute Gasteiger partial charge is 0.455 e. The van der Waals surface area contributed by atoms with Gasteiger partial charge in [0.2, 0.25) is 11.8 Å². The fourth-order valence-electron chi connectivity index (χ4n) is 3.02. The highest BCUT2D eigenvalue weighted by Gasteiger charge is 2.46. The van der Waals surface area contributed by atoms with E-state index in [1.54, 1.807) is 6.92 Å². The first-order chi connectivity index (χ1) is 10.5. The van der Waals surface area contributed by atoms with Gasteiger partial charge in [-0.1, -0.05) is 25.1 Å². The maximum Gasteiger partial charge on any atom is 0.329 e. The zero-order chi connectivity index (χ0) is 15.9. The van der Waals surface area contributed by atoms with Gasteiger partial charge >= 0.3 is 5.97 Å². The normalized spacial score (nSPS) is 26.4. The lowest BCUT2D eigenvalue weighted by atomic mass is 9.82. The first kappa shape index (κ1) is 14.6. The Bertz CT molecular complexity index is 656. The zero-order valence-corrected chi connectivity index (χ0v) is 12.5. The third-order valence-electron chi connectivity index (χ3n) is 4.24. The van der Waals surface area contributed by atoms with Gasteiger partial charge in [-0.2, -0.15) is 0 Å². The lowest BCUT2D eigenvalue weighted by molar-refractivity contribution is -0.166. The smallest absolute Gasteiger partial charge is 0.329 e. The van der Waals surface area contributed by atoms with Crippen molar-refractivity contribution in [3.63, 3.8) is 0 Å². The lowest BCUT2D eigenvalue weighted by Crippen LogP contribution is -2.51. The second kappa shape index (κ2) is 5.44. The molecule has 2 heterocycles. The van der Waals surface area contributed by atoms with E-state index in [9.17, 15) is 14.4 Å². The number of carbonyl (C=O) groups is 3. The van der Waals surface area contributed by atoms with Gasteiger partial charge < -0.3 is 15.4 Å². The molecule has 2 aliphatic rings. The molecule has 0 aromatic heterocycles. The maximum atomic E-state index is 12.3. The summed E-state index contributed by atoms with van der Waals surface area (Å²) >= 11 is 0. The minimum atomic E-state index is -0.759. The van der Waals surface area contributed by atoms with Crippen LogP contribution >= 0.6 is 0 Å². The van der Waals surface area contributed by atoms with Crippen molar-refractivity contribution in [1.82, 2.24) is 5.32 Å². The third kappa shape index (κ3) is 2.34. The van der Waals surface area contributed by atoms with Crippen LogP contribution in [0.3, 0.4) is 0 Å². The molecule has 1 aromatic carbocycles. The van der Waals surface area contributed by atoms with Gasteiger partial charge in [-0.3, -0.25) is 9.59 Å². The average Bonchev–Trinajstić information content (AvgIpc) is 2.50. The van der Waals surface area contributed by atoms with Crippen LogP contribution in [0.1, 0.15) is 37.0 Å². The summed E-state index contributed by atoms with van der Waals surface area (Å²) in [4.78, 5) is 36.0. The highest BCUT2D eigenvalue weighted by atomic mass is 16.5. The molecule has 0 saturated carbocycles. The van der Waals surface area contributed by atoms with Crippen molar-refractivity contribution in [3.05, 3.63) is 29.3 Å². The van der Waals surface area contributed by atoms with Gasteiger partial charge in [0, 0.05) is 12.0 Å². The molecule has 0 unspecified atom stereocenters. The van der Waals surface area contributed by atoms with Crippen LogP contribution in [0.2, 0.25) is 0 Å². The Morgan fingerprint density at radius 2 is 2.18 bits per heavy atom. The maximum absolute atomic E-state index is 12.3. The number of ether oxygens (including phenoxy) is 1. The van der Waals surface area contributed by atoms with E-state index >= 15 is 0 Å². The van der Waals surface area contributed by atoms with E-state index in [0.717, 1.165) is 16.8 Å². The first-order valence-corrected chi connectivity index (χ1v) is 7.41. The number of fused-ring (bicyclic) bond motifs is 3. The summed E-state index contributed by atoms with van der Waals surface area (Å²) in [7, 11) is 0. The number of benzene rings is 1. The predicted molar refractivity (Wildman–Crippen MR) is 79.0 cm³/mol. The summed E-state index contributed by atoms with van der Waals surface area (Å²) in [6, 6.07) is 4.87. The Morgan fingerprint density at radius 1 is 1.41 bits per heavy atom. The standard InChI is InChI=1S/C16H18N2O4/c1-3-12(19)17-11-7-10-14(22-16(11)21)9-6-4-5-8(2)13(9)18-15(10)20/h4-6,10-11,14H,3,7H2,1-2H3,(H,17,19)(H,18,20)/t10-,11+,14+/m0/s1. The summed E-state index contributed by atoms with van der Waals surface area (Å²) in [6.45, 7) is 3.60. The number of anilines is 1. The van der Waals surface area contributed by atoms with Crippen molar-refractivity contribution in [1.29, 1.82) is 0 Å². The fourth-order valence-corrected chi connectivity index (χ4v) is 3.02. The van der Waals surface area contributed by atoms with E-state index in [2.05, 4.69) is 10.6 Å². The quantitative estimate of drug-likeness (QED) is 0.810. The Morgan fingerprint density at radius 3 is 2.91 bits per heavy atom. The van der Waals surface area contributed by atoms with Crippen molar-refractivity contribution in [3.8, 4) is 0 Å². The van der Waals surface area contributed by atoms with E-state index in [0.29, 0.717) is 0 Å². The summed E-state index contributed by atoms with van der Waals surface area (Å²) in [6.07, 6.45) is -0.0356. The zero-order valence-electron chi connectivity index (χ0n) is 12.5.